The zero-order chi connectivity index (χ0) is 11.1. The second-order valence-electron chi connectivity index (χ2n) is 5.74. The molecule has 1 heterocycles. The Labute approximate surface area is 115 Å². The Kier molecular flexibility index (Phi) is 4.10. The molecule has 0 saturated heterocycles. The summed E-state index contributed by atoms with van der Waals surface area (Å²) in [6.07, 6.45) is 11.1. The number of hydrogen-bond donors (Lipinski definition) is 0. The van der Waals surface area contributed by atoms with Gasteiger partial charge in [0.05, 0.1) is 0 Å². The molecule has 0 amide bonds. The van der Waals surface area contributed by atoms with Gasteiger partial charge in [-0.2, -0.15) is 0 Å². The fraction of sp³-hybridized carbons (Fsp3) is 0.714. The number of allylic oxidation sites excluding steroid dienone is 2. The zero-order valence-electron chi connectivity index (χ0n) is 10.4. The van der Waals surface area contributed by atoms with E-state index >= 15 is 0 Å². The molecule has 0 bridgehead atoms. The monoisotopic (exact) mass is 273 g/mol. The molecule has 0 spiro atoms. The molecule has 1 aliphatic heterocycles. The first kappa shape index (κ1) is 13.3. The summed E-state index contributed by atoms with van der Waals surface area (Å²) in [4.78, 5) is 0. The highest BCUT2D eigenvalue weighted by atomic mass is 35.5. The molecule has 0 N–H and O–H groups in total. The van der Waals surface area contributed by atoms with Gasteiger partial charge < -0.3 is 0 Å². The van der Waals surface area contributed by atoms with E-state index in [2.05, 4.69) is 19.2 Å². The lowest BCUT2D eigenvalue weighted by Gasteiger charge is -2.40. The van der Waals surface area contributed by atoms with E-state index < -0.39 is 0 Å². The van der Waals surface area contributed by atoms with Crippen LogP contribution in [-0.2, 0) is 0 Å². The van der Waals surface area contributed by atoms with Crippen LogP contribution in [0.3, 0.4) is 0 Å². The van der Waals surface area contributed by atoms with Gasteiger partial charge in [-0.1, -0.05) is 12.5 Å². The third-order valence-corrected chi connectivity index (χ3v) is 4.71. The van der Waals surface area contributed by atoms with Crippen LogP contribution < -0.4 is 0 Å². The summed E-state index contributed by atoms with van der Waals surface area (Å²) < 4.78 is 1.86. The second-order valence-corrected chi connectivity index (χ2v) is 6.18. The van der Waals surface area contributed by atoms with Crippen LogP contribution in [0.15, 0.2) is 23.4 Å². The summed E-state index contributed by atoms with van der Waals surface area (Å²) in [5.41, 5.74) is 3.38. The average Bonchev–Trinajstić information content (AvgIpc) is 2.39. The molecule has 0 radical (unpaired) electrons. The van der Waals surface area contributed by atoms with Gasteiger partial charge in [-0.25, -0.2) is 0 Å². The number of halogens is 2. The first-order chi connectivity index (χ1) is 7.74. The van der Waals surface area contributed by atoms with Crippen molar-refractivity contribution in [2.45, 2.75) is 39.0 Å². The SMILES string of the molecule is CC1CC2CCCC3=C2C(C1)CN(Cl)C=C3.Cl. The summed E-state index contributed by atoms with van der Waals surface area (Å²) in [7, 11) is 0. The minimum atomic E-state index is 0. The van der Waals surface area contributed by atoms with Crippen LogP contribution in [0.25, 0.3) is 0 Å². The third-order valence-electron chi connectivity index (χ3n) is 4.46. The molecule has 1 nitrogen and oxygen atoms in total. The molecule has 3 aliphatic rings. The lowest BCUT2D eigenvalue weighted by atomic mass is 9.66. The van der Waals surface area contributed by atoms with Crippen molar-refractivity contribution in [1.29, 1.82) is 0 Å². The Balaban J connectivity index is 0.00000108. The predicted molar refractivity (Wildman–Crippen MR) is 75.2 cm³/mol. The van der Waals surface area contributed by atoms with Gasteiger partial charge in [0, 0.05) is 24.5 Å². The first-order valence-electron chi connectivity index (χ1n) is 6.57. The Morgan fingerprint density at radius 3 is 2.88 bits per heavy atom. The number of nitrogens with zero attached hydrogens (tertiary/aromatic N) is 1. The van der Waals surface area contributed by atoms with Crippen LogP contribution in [-0.4, -0.2) is 11.0 Å². The summed E-state index contributed by atoms with van der Waals surface area (Å²) >= 11 is 6.20. The van der Waals surface area contributed by atoms with E-state index in [1.54, 1.807) is 11.1 Å². The largest absolute Gasteiger partial charge is 0.292 e. The predicted octanol–water partition coefficient (Wildman–Crippen LogP) is 4.53. The number of hydrogen-bond acceptors (Lipinski definition) is 1. The third kappa shape index (κ3) is 2.51. The Morgan fingerprint density at radius 1 is 1.29 bits per heavy atom. The first-order valence-corrected chi connectivity index (χ1v) is 6.91. The van der Waals surface area contributed by atoms with Crippen LogP contribution in [0.4, 0.5) is 0 Å². The van der Waals surface area contributed by atoms with Gasteiger partial charge in [0.25, 0.3) is 0 Å². The second kappa shape index (κ2) is 5.24. The van der Waals surface area contributed by atoms with Crippen molar-refractivity contribution in [3.05, 3.63) is 23.4 Å². The highest BCUT2D eigenvalue weighted by molar-refractivity contribution is 6.14. The molecule has 3 rings (SSSR count). The Morgan fingerprint density at radius 2 is 2.06 bits per heavy atom. The zero-order valence-corrected chi connectivity index (χ0v) is 11.9. The van der Waals surface area contributed by atoms with Crippen LogP contribution in [0.2, 0.25) is 0 Å². The summed E-state index contributed by atoms with van der Waals surface area (Å²) in [5.74, 6) is 2.46. The Bertz CT molecular complexity index is 348. The normalized spacial score (nSPS) is 36.1. The maximum absolute atomic E-state index is 6.20. The maximum Gasteiger partial charge on any atom is 0.0408 e. The minimum Gasteiger partial charge on any atom is -0.292 e. The summed E-state index contributed by atoms with van der Waals surface area (Å²) in [5, 5.41) is 0. The fourth-order valence-electron chi connectivity index (χ4n) is 3.93. The molecule has 0 aromatic rings. The van der Waals surface area contributed by atoms with Crippen molar-refractivity contribution in [2.75, 3.05) is 6.54 Å². The molecule has 3 unspecified atom stereocenters. The lowest BCUT2D eigenvalue weighted by molar-refractivity contribution is 0.248. The molecule has 1 fully saturated rings. The smallest absolute Gasteiger partial charge is 0.0408 e. The van der Waals surface area contributed by atoms with Gasteiger partial charge in [0.1, 0.15) is 0 Å². The van der Waals surface area contributed by atoms with Crippen molar-refractivity contribution in [1.82, 2.24) is 4.42 Å². The lowest BCUT2D eigenvalue weighted by Crippen LogP contribution is -2.31. The van der Waals surface area contributed by atoms with E-state index in [9.17, 15) is 0 Å². The fourth-order valence-corrected chi connectivity index (χ4v) is 4.15. The quantitative estimate of drug-likeness (QED) is 0.586. The van der Waals surface area contributed by atoms with Crippen molar-refractivity contribution in [3.63, 3.8) is 0 Å². The highest BCUT2D eigenvalue weighted by Gasteiger charge is 2.35. The van der Waals surface area contributed by atoms with Crippen molar-refractivity contribution >= 4 is 24.2 Å². The molecule has 1 saturated carbocycles. The molecular formula is C14H21Cl2N. The molecule has 3 heteroatoms. The van der Waals surface area contributed by atoms with Crippen LogP contribution in [0.5, 0.6) is 0 Å². The van der Waals surface area contributed by atoms with E-state index in [4.69, 9.17) is 11.8 Å². The average molecular weight is 274 g/mol. The van der Waals surface area contributed by atoms with Crippen molar-refractivity contribution in [3.8, 4) is 0 Å². The topological polar surface area (TPSA) is 3.24 Å². The van der Waals surface area contributed by atoms with Gasteiger partial charge in [-0.05, 0) is 61.5 Å². The van der Waals surface area contributed by atoms with Crippen molar-refractivity contribution in [2.24, 2.45) is 17.8 Å². The van der Waals surface area contributed by atoms with Gasteiger partial charge in [0.15, 0.2) is 0 Å². The van der Waals surface area contributed by atoms with E-state index in [-0.39, 0.29) is 12.4 Å². The molecule has 0 aromatic heterocycles. The van der Waals surface area contributed by atoms with Crippen LogP contribution >= 0.6 is 24.2 Å². The maximum atomic E-state index is 6.20. The van der Waals surface area contributed by atoms with Crippen molar-refractivity contribution < 1.29 is 0 Å². The van der Waals surface area contributed by atoms with Gasteiger partial charge in [-0.3, -0.25) is 4.42 Å². The summed E-state index contributed by atoms with van der Waals surface area (Å²) in [6.45, 7) is 3.42. The molecule has 96 valence electrons. The highest BCUT2D eigenvalue weighted by Crippen LogP contribution is 2.46. The molecule has 2 aliphatic carbocycles. The van der Waals surface area contributed by atoms with Gasteiger partial charge in [0.2, 0.25) is 0 Å². The minimum absolute atomic E-state index is 0. The van der Waals surface area contributed by atoms with E-state index in [0.29, 0.717) is 0 Å². The molecular weight excluding hydrogens is 253 g/mol. The van der Waals surface area contributed by atoms with Gasteiger partial charge >= 0.3 is 0 Å². The van der Waals surface area contributed by atoms with Gasteiger partial charge in [-0.15, -0.1) is 12.4 Å². The standard InChI is InChI=1S/C14H20ClN.ClH/c1-10-7-12-4-2-3-11-5-6-16(15)9-13(8-10)14(11)12;/h5-6,10,12-13H,2-4,7-9H2,1H3;1H. The number of rotatable bonds is 0. The van der Waals surface area contributed by atoms with E-state index in [1.807, 2.05) is 4.42 Å². The van der Waals surface area contributed by atoms with E-state index in [1.165, 1.54) is 32.1 Å². The molecule has 0 aromatic carbocycles. The van der Waals surface area contributed by atoms with E-state index in [0.717, 1.165) is 24.3 Å². The Hall–Kier alpha value is -0.140. The molecule has 3 atom stereocenters. The van der Waals surface area contributed by atoms with Crippen LogP contribution in [0, 0.1) is 17.8 Å². The summed E-state index contributed by atoms with van der Waals surface area (Å²) in [6, 6.07) is 0. The van der Waals surface area contributed by atoms with Crippen LogP contribution in [0.1, 0.15) is 39.0 Å². The molecule has 17 heavy (non-hydrogen) atoms.